The maximum atomic E-state index is 12.8. The molecule has 30 heavy (non-hydrogen) atoms. The van der Waals surface area contributed by atoms with Crippen molar-refractivity contribution >= 4 is 17.6 Å². The second kappa shape index (κ2) is 9.30. The van der Waals surface area contributed by atoms with E-state index in [0.29, 0.717) is 29.4 Å². The van der Waals surface area contributed by atoms with Gasteiger partial charge in [-0.15, -0.1) is 0 Å². The molecule has 2 aromatic carbocycles. The summed E-state index contributed by atoms with van der Waals surface area (Å²) in [7, 11) is 4.72. The molecule has 0 aromatic heterocycles. The standard InChI is InChI=1S/C22H24N2O6/c1-28-16-6-4-14(5-7-16)20-13-19(23-24(20)21(25)8-9-22(26)27)15-10-17(29-2)12-18(11-15)30-3/h4-7,10-12,20H,8-9,13H2,1-3H3,(H,26,27). The lowest BCUT2D eigenvalue weighted by atomic mass is 9.98. The molecule has 2 aromatic rings. The van der Waals surface area contributed by atoms with Gasteiger partial charge in [0.05, 0.1) is 39.5 Å². The van der Waals surface area contributed by atoms with Gasteiger partial charge in [0.15, 0.2) is 0 Å². The summed E-state index contributed by atoms with van der Waals surface area (Å²) in [6.45, 7) is 0. The van der Waals surface area contributed by atoms with Gasteiger partial charge in [-0.3, -0.25) is 9.59 Å². The van der Waals surface area contributed by atoms with E-state index < -0.39 is 5.97 Å². The summed E-state index contributed by atoms with van der Waals surface area (Å²) in [5.41, 5.74) is 2.35. The van der Waals surface area contributed by atoms with Gasteiger partial charge in [0, 0.05) is 24.5 Å². The number of benzene rings is 2. The predicted octanol–water partition coefficient (Wildman–Crippen LogP) is 3.25. The summed E-state index contributed by atoms with van der Waals surface area (Å²) in [4.78, 5) is 23.7. The number of hydrogen-bond donors (Lipinski definition) is 1. The van der Waals surface area contributed by atoms with E-state index in [9.17, 15) is 9.59 Å². The number of methoxy groups -OCH3 is 3. The fourth-order valence-corrected chi connectivity index (χ4v) is 3.30. The van der Waals surface area contributed by atoms with Crippen LogP contribution in [0.2, 0.25) is 0 Å². The van der Waals surface area contributed by atoms with Crippen LogP contribution in [-0.2, 0) is 9.59 Å². The number of aliphatic carboxylic acids is 1. The zero-order chi connectivity index (χ0) is 21.7. The number of carboxylic acid groups (broad SMARTS) is 1. The van der Waals surface area contributed by atoms with Gasteiger partial charge in [-0.05, 0) is 29.8 Å². The Hall–Kier alpha value is -3.55. The molecular weight excluding hydrogens is 388 g/mol. The Bertz CT molecular complexity index is 932. The van der Waals surface area contributed by atoms with Crippen LogP contribution in [0.4, 0.5) is 0 Å². The minimum absolute atomic E-state index is 0.125. The van der Waals surface area contributed by atoms with Crippen molar-refractivity contribution in [3.8, 4) is 17.2 Å². The lowest BCUT2D eigenvalue weighted by molar-refractivity contribution is -0.141. The van der Waals surface area contributed by atoms with Gasteiger partial charge in [0.25, 0.3) is 0 Å². The Morgan fingerprint density at radius 2 is 1.57 bits per heavy atom. The van der Waals surface area contributed by atoms with Crippen LogP contribution in [0.5, 0.6) is 17.2 Å². The summed E-state index contributed by atoms with van der Waals surface area (Å²) in [5, 5.41) is 14.9. The zero-order valence-corrected chi connectivity index (χ0v) is 17.1. The van der Waals surface area contributed by atoms with Crippen molar-refractivity contribution in [2.75, 3.05) is 21.3 Å². The number of carboxylic acids is 1. The molecule has 158 valence electrons. The highest BCUT2D eigenvalue weighted by atomic mass is 16.5. The SMILES string of the molecule is COc1ccc(C2CC(c3cc(OC)cc(OC)c3)=NN2C(=O)CCC(=O)O)cc1. The highest BCUT2D eigenvalue weighted by Gasteiger charge is 2.33. The minimum atomic E-state index is -1.02. The Kier molecular flexibility index (Phi) is 6.56. The molecule has 1 unspecified atom stereocenters. The number of ether oxygens (including phenoxy) is 3. The summed E-state index contributed by atoms with van der Waals surface area (Å²) < 4.78 is 15.9. The first-order chi connectivity index (χ1) is 14.4. The third kappa shape index (κ3) is 4.71. The second-order valence-electron chi connectivity index (χ2n) is 6.77. The van der Waals surface area contributed by atoms with Crippen LogP contribution in [0.3, 0.4) is 0 Å². The third-order valence-electron chi connectivity index (χ3n) is 4.90. The van der Waals surface area contributed by atoms with Gasteiger partial charge in [0.2, 0.25) is 5.91 Å². The van der Waals surface area contributed by atoms with Crippen molar-refractivity contribution in [3.05, 3.63) is 53.6 Å². The molecule has 1 aliphatic rings. The van der Waals surface area contributed by atoms with Crippen LogP contribution < -0.4 is 14.2 Å². The number of carbonyl (C=O) groups excluding carboxylic acids is 1. The van der Waals surface area contributed by atoms with Crippen molar-refractivity contribution in [2.24, 2.45) is 5.10 Å². The molecule has 0 radical (unpaired) electrons. The van der Waals surface area contributed by atoms with Crippen molar-refractivity contribution in [2.45, 2.75) is 25.3 Å². The van der Waals surface area contributed by atoms with Crippen LogP contribution in [0.25, 0.3) is 0 Å². The molecule has 1 N–H and O–H groups in total. The van der Waals surface area contributed by atoms with E-state index in [0.717, 1.165) is 11.1 Å². The topological polar surface area (TPSA) is 97.7 Å². The Morgan fingerprint density at radius 1 is 0.967 bits per heavy atom. The first-order valence-corrected chi connectivity index (χ1v) is 9.44. The maximum absolute atomic E-state index is 12.8. The molecular formula is C22H24N2O6. The summed E-state index contributed by atoms with van der Waals surface area (Å²) in [6.07, 6.45) is 0.101. The van der Waals surface area contributed by atoms with Crippen LogP contribution in [0.1, 0.15) is 36.4 Å². The molecule has 0 bridgehead atoms. The Labute approximate surface area is 174 Å². The zero-order valence-electron chi connectivity index (χ0n) is 17.1. The minimum Gasteiger partial charge on any atom is -0.497 e. The first-order valence-electron chi connectivity index (χ1n) is 9.44. The quantitative estimate of drug-likeness (QED) is 0.715. The van der Waals surface area contributed by atoms with Crippen LogP contribution in [0, 0.1) is 0 Å². The predicted molar refractivity (Wildman–Crippen MR) is 110 cm³/mol. The number of nitrogens with zero attached hydrogens (tertiary/aromatic N) is 2. The molecule has 1 atom stereocenters. The molecule has 8 nitrogen and oxygen atoms in total. The average Bonchev–Trinajstić information content (AvgIpc) is 3.22. The number of hydrogen-bond acceptors (Lipinski definition) is 6. The molecule has 1 heterocycles. The van der Waals surface area contributed by atoms with E-state index in [4.69, 9.17) is 19.3 Å². The molecule has 0 saturated heterocycles. The Morgan fingerprint density at radius 3 is 2.10 bits per heavy atom. The van der Waals surface area contributed by atoms with Gasteiger partial charge in [-0.2, -0.15) is 5.10 Å². The van der Waals surface area contributed by atoms with Crippen molar-refractivity contribution in [3.63, 3.8) is 0 Å². The third-order valence-corrected chi connectivity index (χ3v) is 4.90. The molecule has 0 aliphatic carbocycles. The maximum Gasteiger partial charge on any atom is 0.303 e. The molecule has 3 rings (SSSR count). The lowest BCUT2D eigenvalue weighted by Crippen LogP contribution is -2.27. The molecule has 0 saturated carbocycles. The monoisotopic (exact) mass is 412 g/mol. The number of hydrazone groups is 1. The van der Waals surface area contributed by atoms with E-state index in [2.05, 4.69) is 5.10 Å². The molecule has 0 spiro atoms. The van der Waals surface area contributed by atoms with E-state index in [1.165, 1.54) is 5.01 Å². The van der Waals surface area contributed by atoms with E-state index in [-0.39, 0.29) is 24.8 Å². The van der Waals surface area contributed by atoms with Crippen LogP contribution in [0.15, 0.2) is 47.6 Å². The summed E-state index contributed by atoms with van der Waals surface area (Å²) in [5.74, 6) is 0.569. The number of amides is 1. The van der Waals surface area contributed by atoms with Gasteiger partial charge in [-0.25, -0.2) is 5.01 Å². The number of carbonyl (C=O) groups is 2. The van der Waals surface area contributed by atoms with E-state index >= 15 is 0 Å². The largest absolute Gasteiger partial charge is 0.497 e. The smallest absolute Gasteiger partial charge is 0.303 e. The van der Waals surface area contributed by atoms with Crippen molar-refractivity contribution < 1.29 is 28.9 Å². The summed E-state index contributed by atoms with van der Waals surface area (Å²) >= 11 is 0. The Balaban J connectivity index is 1.95. The van der Waals surface area contributed by atoms with Crippen molar-refractivity contribution in [1.82, 2.24) is 5.01 Å². The fourth-order valence-electron chi connectivity index (χ4n) is 3.30. The lowest BCUT2D eigenvalue weighted by Gasteiger charge is -2.22. The van der Waals surface area contributed by atoms with Crippen LogP contribution in [-0.4, -0.2) is 49.0 Å². The first kappa shape index (κ1) is 21.2. The highest BCUT2D eigenvalue weighted by Crippen LogP contribution is 2.35. The van der Waals surface area contributed by atoms with E-state index in [1.54, 1.807) is 27.4 Å². The fraction of sp³-hybridized carbons (Fsp3) is 0.318. The summed E-state index contributed by atoms with van der Waals surface area (Å²) in [6, 6.07) is 12.5. The molecule has 8 heteroatoms. The molecule has 0 fully saturated rings. The second-order valence-corrected chi connectivity index (χ2v) is 6.77. The van der Waals surface area contributed by atoms with Gasteiger partial charge >= 0.3 is 5.97 Å². The van der Waals surface area contributed by atoms with Crippen LogP contribution >= 0.6 is 0 Å². The number of rotatable bonds is 8. The van der Waals surface area contributed by atoms with Crippen molar-refractivity contribution in [1.29, 1.82) is 0 Å². The molecule has 1 aliphatic heterocycles. The van der Waals surface area contributed by atoms with Gasteiger partial charge < -0.3 is 19.3 Å². The van der Waals surface area contributed by atoms with Gasteiger partial charge in [0.1, 0.15) is 17.2 Å². The average molecular weight is 412 g/mol. The van der Waals surface area contributed by atoms with E-state index in [1.807, 2.05) is 36.4 Å². The molecule has 1 amide bonds. The highest BCUT2D eigenvalue weighted by molar-refractivity contribution is 6.03. The van der Waals surface area contributed by atoms with Gasteiger partial charge in [-0.1, -0.05) is 12.1 Å². The normalized spacial score (nSPS) is 15.5.